The second-order valence-corrected chi connectivity index (χ2v) is 7.70. The van der Waals surface area contributed by atoms with Crippen LogP contribution in [0.2, 0.25) is 0 Å². The van der Waals surface area contributed by atoms with Crippen LogP contribution in [0.15, 0.2) is 46.8 Å². The Morgan fingerprint density at radius 1 is 1.28 bits per heavy atom. The fourth-order valence-corrected chi connectivity index (χ4v) is 3.87. The smallest absolute Gasteiger partial charge is 0.336 e. The number of Topliss-reactive ketones (excluding diaryl/α,β-unsaturated/α-hetero) is 1. The second kappa shape index (κ2) is 7.72. The molecule has 1 aliphatic carbocycles. The van der Waals surface area contributed by atoms with Crippen LogP contribution in [0.4, 0.5) is 0 Å². The van der Waals surface area contributed by atoms with Gasteiger partial charge in [0.05, 0.1) is 12.2 Å². The summed E-state index contributed by atoms with van der Waals surface area (Å²) in [4.78, 5) is 25.4. The molecule has 1 unspecified atom stereocenters. The lowest BCUT2D eigenvalue weighted by Gasteiger charge is -2.34. The Bertz CT molecular complexity index is 762. The monoisotopic (exact) mass is 451 g/mol. The van der Waals surface area contributed by atoms with Gasteiger partial charge in [-0.15, -0.1) is 0 Å². The molecule has 1 heterocycles. The molecule has 5 heteroatoms. The molecule has 1 N–H and O–H groups in total. The van der Waals surface area contributed by atoms with Gasteiger partial charge in [0.2, 0.25) is 0 Å². The predicted octanol–water partition coefficient (Wildman–Crippen LogP) is 4.21. The number of allylic oxidation sites excluding steroid dienone is 3. The summed E-state index contributed by atoms with van der Waals surface area (Å²) in [5.74, 6) is -0.545. The molecule has 1 aromatic rings. The highest BCUT2D eigenvalue weighted by Gasteiger charge is 2.38. The van der Waals surface area contributed by atoms with Crippen molar-refractivity contribution in [2.24, 2.45) is 0 Å². The van der Waals surface area contributed by atoms with Gasteiger partial charge < -0.3 is 10.1 Å². The van der Waals surface area contributed by atoms with E-state index in [0.29, 0.717) is 18.6 Å². The molecular weight excluding hydrogens is 429 g/mol. The maximum Gasteiger partial charge on any atom is 0.336 e. The summed E-state index contributed by atoms with van der Waals surface area (Å²) in [6.45, 7) is 4.25. The van der Waals surface area contributed by atoms with Crippen LogP contribution in [0.25, 0.3) is 0 Å². The first-order valence-electron chi connectivity index (χ1n) is 8.69. The molecule has 25 heavy (non-hydrogen) atoms. The summed E-state index contributed by atoms with van der Waals surface area (Å²) in [5.41, 5.74) is 4.01. The molecule has 3 rings (SSSR count). The highest BCUT2D eigenvalue weighted by Crippen LogP contribution is 2.42. The molecule has 0 aromatic heterocycles. The molecule has 0 amide bonds. The van der Waals surface area contributed by atoms with Crippen molar-refractivity contribution in [3.8, 4) is 0 Å². The molecule has 0 spiro atoms. The minimum absolute atomic E-state index is 0.130. The van der Waals surface area contributed by atoms with Gasteiger partial charge in [-0.05, 0) is 66.5 Å². The van der Waals surface area contributed by atoms with E-state index in [2.05, 4.69) is 27.9 Å². The van der Waals surface area contributed by atoms with Crippen molar-refractivity contribution < 1.29 is 14.3 Å². The van der Waals surface area contributed by atoms with E-state index in [4.69, 9.17) is 4.74 Å². The summed E-state index contributed by atoms with van der Waals surface area (Å²) >= 11 is 2.25. The fourth-order valence-electron chi connectivity index (χ4n) is 3.51. The third-order valence-corrected chi connectivity index (χ3v) is 5.36. The van der Waals surface area contributed by atoms with Crippen molar-refractivity contribution in [1.82, 2.24) is 5.32 Å². The molecule has 0 fully saturated rings. The van der Waals surface area contributed by atoms with Gasteiger partial charge in [0.15, 0.2) is 5.78 Å². The van der Waals surface area contributed by atoms with E-state index < -0.39 is 0 Å². The van der Waals surface area contributed by atoms with Crippen LogP contribution in [0, 0.1) is 3.57 Å². The van der Waals surface area contributed by atoms with Crippen LogP contribution in [-0.2, 0) is 14.3 Å². The largest absolute Gasteiger partial charge is 0.462 e. The quantitative estimate of drug-likeness (QED) is 0.551. The Balaban J connectivity index is 2.10. The third-order valence-electron chi connectivity index (χ3n) is 4.64. The Hall–Kier alpha value is -1.63. The molecule has 132 valence electrons. The molecule has 1 aromatic carbocycles. The van der Waals surface area contributed by atoms with Crippen molar-refractivity contribution in [3.05, 3.63) is 55.9 Å². The van der Waals surface area contributed by atoms with Crippen LogP contribution in [0.3, 0.4) is 0 Å². The summed E-state index contributed by atoms with van der Waals surface area (Å²) in [7, 11) is 0. The van der Waals surface area contributed by atoms with Crippen molar-refractivity contribution in [1.29, 1.82) is 0 Å². The van der Waals surface area contributed by atoms with Gasteiger partial charge in [0.25, 0.3) is 0 Å². The standard InChI is InChI=1S/C20H22INO3/c1-3-11-25-20(24)17-12(2)22-15-5-4-6-16(23)19(15)18(17)13-7-9-14(21)10-8-13/h7-10,18,22H,3-6,11H2,1-2H3. The number of hydrogen-bond donors (Lipinski definition) is 1. The molecular formula is C20H22INO3. The maximum absolute atomic E-state index is 12.7. The fraction of sp³-hybridized carbons (Fsp3) is 0.400. The number of carbonyl (C=O) groups excluding carboxylic acids is 2. The Morgan fingerprint density at radius 3 is 2.68 bits per heavy atom. The van der Waals surface area contributed by atoms with E-state index in [1.54, 1.807) is 0 Å². The van der Waals surface area contributed by atoms with E-state index >= 15 is 0 Å². The zero-order valence-corrected chi connectivity index (χ0v) is 16.7. The molecule has 0 saturated carbocycles. The number of carbonyl (C=O) groups is 2. The SMILES string of the molecule is CCCOC(=O)C1=C(C)NC2=C(C(=O)CCC2)C1c1ccc(I)cc1. The predicted molar refractivity (Wildman–Crippen MR) is 105 cm³/mol. The highest BCUT2D eigenvalue weighted by molar-refractivity contribution is 14.1. The summed E-state index contributed by atoms with van der Waals surface area (Å²) in [5, 5.41) is 3.30. The number of benzene rings is 1. The number of halogens is 1. The van der Waals surface area contributed by atoms with E-state index in [-0.39, 0.29) is 17.7 Å². The first-order chi connectivity index (χ1) is 12.0. The average Bonchev–Trinajstić information content (AvgIpc) is 2.59. The molecule has 1 aliphatic heterocycles. The Labute approximate surface area is 161 Å². The lowest BCUT2D eigenvalue weighted by atomic mass is 9.75. The normalized spacial score (nSPS) is 20.3. The maximum atomic E-state index is 12.7. The minimum Gasteiger partial charge on any atom is -0.462 e. The number of dihydropyridines is 1. The lowest BCUT2D eigenvalue weighted by molar-refractivity contribution is -0.139. The zero-order valence-electron chi connectivity index (χ0n) is 14.5. The van der Waals surface area contributed by atoms with Crippen LogP contribution in [-0.4, -0.2) is 18.4 Å². The van der Waals surface area contributed by atoms with Gasteiger partial charge in [-0.3, -0.25) is 4.79 Å². The Kier molecular flexibility index (Phi) is 5.61. The van der Waals surface area contributed by atoms with Gasteiger partial charge in [-0.25, -0.2) is 4.79 Å². The van der Waals surface area contributed by atoms with Crippen molar-refractivity contribution in [2.45, 2.75) is 45.4 Å². The van der Waals surface area contributed by atoms with E-state index in [0.717, 1.165) is 45.4 Å². The number of rotatable bonds is 4. The lowest BCUT2D eigenvalue weighted by Crippen LogP contribution is -2.34. The third kappa shape index (κ3) is 3.66. The number of esters is 1. The molecule has 0 radical (unpaired) electrons. The van der Waals surface area contributed by atoms with Crippen molar-refractivity contribution in [2.75, 3.05) is 6.61 Å². The topological polar surface area (TPSA) is 55.4 Å². The average molecular weight is 451 g/mol. The van der Waals surface area contributed by atoms with Crippen LogP contribution < -0.4 is 5.32 Å². The van der Waals surface area contributed by atoms with Crippen molar-refractivity contribution in [3.63, 3.8) is 0 Å². The van der Waals surface area contributed by atoms with Crippen LogP contribution >= 0.6 is 22.6 Å². The van der Waals surface area contributed by atoms with Gasteiger partial charge in [0.1, 0.15) is 0 Å². The Morgan fingerprint density at radius 2 is 2.00 bits per heavy atom. The van der Waals surface area contributed by atoms with Crippen molar-refractivity contribution >= 4 is 34.3 Å². The van der Waals surface area contributed by atoms with Crippen LogP contribution in [0.5, 0.6) is 0 Å². The molecule has 2 aliphatic rings. The van der Waals surface area contributed by atoms with E-state index in [1.807, 2.05) is 38.1 Å². The zero-order chi connectivity index (χ0) is 18.0. The number of ether oxygens (including phenoxy) is 1. The summed E-state index contributed by atoms with van der Waals surface area (Å²) in [6, 6.07) is 8.03. The summed E-state index contributed by atoms with van der Waals surface area (Å²) < 4.78 is 6.54. The number of hydrogen-bond acceptors (Lipinski definition) is 4. The van der Waals surface area contributed by atoms with Gasteiger partial charge in [-0.2, -0.15) is 0 Å². The molecule has 1 atom stereocenters. The van der Waals surface area contributed by atoms with Gasteiger partial charge in [0, 0.05) is 32.9 Å². The van der Waals surface area contributed by atoms with Crippen LogP contribution in [0.1, 0.15) is 51.0 Å². The second-order valence-electron chi connectivity index (χ2n) is 6.45. The number of ketones is 1. The summed E-state index contributed by atoms with van der Waals surface area (Å²) in [6.07, 6.45) is 3.01. The molecule has 0 saturated heterocycles. The highest BCUT2D eigenvalue weighted by atomic mass is 127. The number of nitrogens with one attached hydrogen (secondary N) is 1. The van der Waals surface area contributed by atoms with E-state index in [9.17, 15) is 9.59 Å². The minimum atomic E-state index is -0.342. The molecule has 0 bridgehead atoms. The van der Waals surface area contributed by atoms with Gasteiger partial charge in [-0.1, -0.05) is 19.1 Å². The first-order valence-corrected chi connectivity index (χ1v) is 9.77. The van der Waals surface area contributed by atoms with Gasteiger partial charge >= 0.3 is 5.97 Å². The first kappa shape index (κ1) is 18.2. The molecule has 4 nitrogen and oxygen atoms in total. The van der Waals surface area contributed by atoms with E-state index in [1.165, 1.54) is 0 Å².